The third kappa shape index (κ3) is 4.76. The van der Waals surface area contributed by atoms with E-state index in [-0.39, 0.29) is 13.2 Å². The van der Waals surface area contributed by atoms with E-state index in [1.807, 2.05) is 0 Å². The first kappa shape index (κ1) is 19.1. The Hall–Kier alpha value is -0.990. The van der Waals surface area contributed by atoms with Crippen molar-refractivity contribution < 1.29 is 32.6 Å². The van der Waals surface area contributed by atoms with E-state index in [4.69, 9.17) is 25.8 Å². The van der Waals surface area contributed by atoms with E-state index in [9.17, 15) is 18.4 Å². The van der Waals surface area contributed by atoms with Gasteiger partial charge in [0.15, 0.2) is 12.1 Å². The molecule has 0 aromatic rings. The Morgan fingerprint density at radius 2 is 1.91 bits per heavy atom. The number of halogens is 3. The van der Waals surface area contributed by atoms with E-state index in [1.165, 1.54) is 0 Å². The second-order valence-electron chi connectivity index (χ2n) is 5.66. The summed E-state index contributed by atoms with van der Waals surface area (Å²) in [6, 6.07) is -1.90. The van der Waals surface area contributed by atoms with Crippen molar-refractivity contribution in [3.63, 3.8) is 0 Å². The largest absolute Gasteiger partial charge is 0.443 e. The summed E-state index contributed by atoms with van der Waals surface area (Å²) in [5.74, 6) is -0.906. The number of rotatable bonds is 6. The molecule has 9 heteroatoms. The summed E-state index contributed by atoms with van der Waals surface area (Å²) in [7, 11) is 0. The Kier molecular flexibility index (Phi) is 6.11. The minimum Gasteiger partial charge on any atom is -0.443 e. The molecule has 0 unspecified atom stereocenters. The average molecular weight is 344 g/mol. The molecule has 1 fully saturated rings. The van der Waals surface area contributed by atoms with Crippen LogP contribution >= 0.6 is 11.6 Å². The van der Waals surface area contributed by atoms with Crippen LogP contribution in [-0.4, -0.2) is 59.8 Å². The number of nitrogens with zero attached hydrogens (tertiary/aromatic N) is 1. The summed E-state index contributed by atoms with van der Waals surface area (Å²) in [4.78, 5) is 24.0. The first-order valence-corrected chi connectivity index (χ1v) is 7.19. The smallest absolute Gasteiger partial charge is 0.417 e. The van der Waals surface area contributed by atoms with Gasteiger partial charge < -0.3 is 14.2 Å². The maximum atomic E-state index is 13.5. The standard InChI is InChI=1S/C13H20ClF2NO5/c1-5-20-6-7-21-8-9(13(14,15)16)17(10(8)18)11(19)22-12(2,3)4/h8-9H,5-7H2,1-4H3/t8-,9-/m1/s1. The lowest BCUT2D eigenvalue weighted by Crippen LogP contribution is -2.72. The van der Waals surface area contributed by atoms with Gasteiger partial charge in [-0.1, -0.05) is 0 Å². The maximum Gasteiger partial charge on any atom is 0.417 e. The van der Waals surface area contributed by atoms with Gasteiger partial charge in [-0.25, -0.2) is 9.69 Å². The van der Waals surface area contributed by atoms with E-state index < -0.39 is 35.1 Å². The first-order valence-electron chi connectivity index (χ1n) is 6.81. The van der Waals surface area contributed by atoms with Crippen molar-refractivity contribution in [3.8, 4) is 0 Å². The lowest BCUT2D eigenvalue weighted by Gasteiger charge is -2.46. The van der Waals surface area contributed by atoms with Crippen molar-refractivity contribution in [2.24, 2.45) is 0 Å². The predicted molar refractivity (Wildman–Crippen MR) is 73.9 cm³/mol. The molecule has 1 aliphatic heterocycles. The van der Waals surface area contributed by atoms with E-state index in [0.29, 0.717) is 11.5 Å². The molecular formula is C13H20ClF2NO5. The summed E-state index contributed by atoms with van der Waals surface area (Å²) in [5, 5.41) is -3.82. The van der Waals surface area contributed by atoms with E-state index in [2.05, 4.69) is 0 Å². The van der Waals surface area contributed by atoms with Crippen LogP contribution in [0.25, 0.3) is 0 Å². The number of hydrogen-bond acceptors (Lipinski definition) is 5. The molecule has 0 radical (unpaired) electrons. The number of likely N-dealkylation sites (tertiary alicyclic amines) is 1. The van der Waals surface area contributed by atoms with Crippen molar-refractivity contribution in [2.45, 2.75) is 50.8 Å². The van der Waals surface area contributed by atoms with Crippen LogP contribution in [0.3, 0.4) is 0 Å². The van der Waals surface area contributed by atoms with Crippen LogP contribution in [0.2, 0.25) is 0 Å². The summed E-state index contributed by atoms with van der Waals surface area (Å²) < 4.78 is 41.9. The van der Waals surface area contributed by atoms with Crippen molar-refractivity contribution in [1.29, 1.82) is 0 Å². The number of β-lactam (4-membered cyclic amide) rings is 1. The molecule has 0 saturated carbocycles. The van der Waals surface area contributed by atoms with E-state index in [1.54, 1.807) is 27.7 Å². The highest BCUT2D eigenvalue weighted by Crippen LogP contribution is 2.39. The minimum atomic E-state index is -3.82. The van der Waals surface area contributed by atoms with Gasteiger partial charge in [-0.05, 0) is 39.3 Å². The Labute approximate surface area is 132 Å². The average Bonchev–Trinajstić information content (AvgIpc) is 2.31. The van der Waals surface area contributed by atoms with Crippen LogP contribution in [0.1, 0.15) is 27.7 Å². The zero-order valence-corrected chi connectivity index (χ0v) is 13.7. The van der Waals surface area contributed by atoms with Crippen LogP contribution in [0.15, 0.2) is 0 Å². The normalized spacial score (nSPS) is 22.5. The van der Waals surface area contributed by atoms with Crippen molar-refractivity contribution >= 4 is 23.6 Å². The highest BCUT2D eigenvalue weighted by molar-refractivity contribution is 6.23. The van der Waals surface area contributed by atoms with Gasteiger partial charge >= 0.3 is 11.5 Å². The molecule has 0 bridgehead atoms. The fourth-order valence-corrected chi connectivity index (χ4v) is 2.05. The minimum absolute atomic E-state index is 0.0596. The zero-order chi connectivity index (χ0) is 17.1. The molecule has 1 rings (SSSR count). The van der Waals surface area contributed by atoms with Crippen molar-refractivity contribution in [1.82, 2.24) is 4.90 Å². The van der Waals surface area contributed by atoms with E-state index >= 15 is 0 Å². The van der Waals surface area contributed by atoms with E-state index in [0.717, 1.165) is 0 Å². The number of amides is 2. The molecule has 2 amide bonds. The molecule has 0 aliphatic carbocycles. The first-order chi connectivity index (χ1) is 9.99. The lowest BCUT2D eigenvalue weighted by molar-refractivity contribution is -0.191. The Bertz CT molecular complexity index is 422. The molecule has 22 heavy (non-hydrogen) atoms. The topological polar surface area (TPSA) is 65.1 Å². The summed E-state index contributed by atoms with van der Waals surface area (Å²) in [6.07, 6.45) is -2.67. The monoisotopic (exact) mass is 343 g/mol. The van der Waals surface area contributed by atoms with Crippen LogP contribution in [-0.2, 0) is 19.0 Å². The second kappa shape index (κ2) is 7.06. The highest BCUT2D eigenvalue weighted by atomic mass is 35.5. The number of alkyl halides is 3. The molecule has 0 aromatic carbocycles. The van der Waals surface area contributed by atoms with Gasteiger partial charge in [0.05, 0.1) is 13.2 Å². The molecule has 0 spiro atoms. The number of hydrogen-bond donors (Lipinski definition) is 0. The summed E-state index contributed by atoms with van der Waals surface area (Å²) in [5.41, 5.74) is -0.926. The van der Waals surface area contributed by atoms with Gasteiger partial charge in [-0.2, -0.15) is 8.78 Å². The van der Waals surface area contributed by atoms with Crippen LogP contribution in [0.4, 0.5) is 13.6 Å². The fraction of sp³-hybridized carbons (Fsp3) is 0.846. The fourth-order valence-electron chi connectivity index (χ4n) is 1.84. The van der Waals surface area contributed by atoms with Crippen molar-refractivity contribution in [2.75, 3.05) is 19.8 Å². The van der Waals surface area contributed by atoms with Crippen LogP contribution in [0, 0.1) is 0 Å². The number of ether oxygens (including phenoxy) is 3. The molecule has 6 nitrogen and oxygen atoms in total. The molecular weight excluding hydrogens is 324 g/mol. The van der Waals surface area contributed by atoms with Crippen LogP contribution < -0.4 is 0 Å². The Morgan fingerprint density at radius 1 is 1.32 bits per heavy atom. The van der Waals surface area contributed by atoms with Gasteiger partial charge in [0.1, 0.15) is 5.60 Å². The maximum absolute atomic E-state index is 13.5. The van der Waals surface area contributed by atoms with Gasteiger partial charge in [-0.15, -0.1) is 0 Å². The Morgan fingerprint density at radius 3 is 2.36 bits per heavy atom. The molecule has 128 valence electrons. The summed E-state index contributed by atoms with van der Waals surface area (Å²) >= 11 is 5.00. The third-order valence-corrected chi connectivity index (χ3v) is 2.92. The van der Waals surface area contributed by atoms with Gasteiger partial charge in [0.2, 0.25) is 0 Å². The van der Waals surface area contributed by atoms with Crippen molar-refractivity contribution in [3.05, 3.63) is 0 Å². The third-order valence-electron chi connectivity index (χ3n) is 2.70. The van der Waals surface area contributed by atoms with Crippen LogP contribution in [0.5, 0.6) is 0 Å². The molecule has 0 aromatic heterocycles. The van der Waals surface area contributed by atoms with Gasteiger partial charge in [-0.3, -0.25) is 4.79 Å². The molecule has 2 atom stereocenters. The second-order valence-corrected chi connectivity index (χ2v) is 6.17. The summed E-state index contributed by atoms with van der Waals surface area (Å²) in [6.45, 7) is 6.94. The predicted octanol–water partition coefficient (Wildman–Crippen LogP) is 2.39. The van der Waals surface area contributed by atoms with Gasteiger partial charge in [0.25, 0.3) is 5.91 Å². The van der Waals surface area contributed by atoms with Gasteiger partial charge in [0, 0.05) is 6.61 Å². The molecule has 1 heterocycles. The molecule has 1 saturated heterocycles. The molecule has 1 aliphatic rings. The Balaban J connectivity index is 2.75. The number of carbonyl (C=O) groups excluding carboxylic acids is 2. The lowest BCUT2D eigenvalue weighted by atomic mass is 9.98. The highest BCUT2D eigenvalue weighted by Gasteiger charge is 2.63. The molecule has 0 N–H and O–H groups in total. The number of imide groups is 1. The SMILES string of the molecule is CCOCCO[C@H]1C(=O)N(C(=O)OC(C)(C)C)[C@H]1C(F)(F)Cl. The zero-order valence-electron chi connectivity index (χ0n) is 12.9. The number of carbonyl (C=O) groups is 2. The quantitative estimate of drug-likeness (QED) is 0.421.